The van der Waals surface area contributed by atoms with Crippen molar-refractivity contribution in [1.82, 2.24) is 4.98 Å². The number of aromatic nitrogens is 1. The van der Waals surface area contributed by atoms with E-state index in [4.69, 9.17) is 4.42 Å². The third kappa shape index (κ3) is 1.32. The van der Waals surface area contributed by atoms with Gasteiger partial charge in [-0.2, -0.15) is 0 Å². The second-order valence-corrected chi connectivity index (χ2v) is 5.57. The van der Waals surface area contributed by atoms with Gasteiger partial charge in [0.05, 0.1) is 5.52 Å². The van der Waals surface area contributed by atoms with Crippen LogP contribution in [0.25, 0.3) is 43.7 Å². The van der Waals surface area contributed by atoms with Gasteiger partial charge in [0.15, 0.2) is 0 Å². The molecule has 0 atom stereocenters. The van der Waals surface area contributed by atoms with E-state index in [-0.39, 0.29) is 0 Å². The zero-order valence-corrected chi connectivity index (χ0v) is 11.6. The maximum absolute atomic E-state index is 6.05. The Labute approximate surface area is 121 Å². The van der Waals surface area contributed by atoms with Gasteiger partial charge in [0.2, 0.25) is 0 Å². The van der Waals surface area contributed by atoms with Crippen molar-refractivity contribution in [2.75, 3.05) is 0 Å². The van der Waals surface area contributed by atoms with Gasteiger partial charge in [0, 0.05) is 27.1 Å². The lowest BCUT2D eigenvalue weighted by atomic mass is 10.0. The molecule has 5 aromatic rings. The van der Waals surface area contributed by atoms with Crippen LogP contribution < -0.4 is 0 Å². The average Bonchev–Trinajstić information content (AvgIpc) is 3.06. The molecule has 21 heavy (non-hydrogen) atoms. The van der Waals surface area contributed by atoms with Gasteiger partial charge >= 0.3 is 0 Å². The predicted molar refractivity (Wildman–Crippen MR) is 87.8 cm³/mol. The Morgan fingerprint density at radius 1 is 0.810 bits per heavy atom. The first kappa shape index (κ1) is 11.0. The molecule has 100 valence electrons. The van der Waals surface area contributed by atoms with Crippen LogP contribution in [-0.4, -0.2) is 4.98 Å². The second-order valence-electron chi connectivity index (χ2n) is 5.57. The summed E-state index contributed by atoms with van der Waals surface area (Å²) in [5.74, 6) is 0. The predicted octanol–water partition coefficient (Wildman–Crippen LogP) is 5.53. The highest BCUT2D eigenvalue weighted by atomic mass is 16.3. The molecular weight excluding hydrogens is 258 g/mol. The van der Waals surface area contributed by atoms with Crippen LogP contribution in [0, 0.1) is 6.92 Å². The summed E-state index contributed by atoms with van der Waals surface area (Å²) in [6, 6.07) is 18.8. The number of benzene rings is 3. The van der Waals surface area contributed by atoms with Crippen molar-refractivity contribution in [3.05, 3.63) is 60.2 Å². The lowest BCUT2D eigenvalue weighted by molar-refractivity contribution is 0.669. The minimum atomic E-state index is 0.951. The Bertz CT molecular complexity index is 1140. The van der Waals surface area contributed by atoms with Crippen molar-refractivity contribution in [3.63, 3.8) is 0 Å². The lowest BCUT2D eigenvalue weighted by Crippen LogP contribution is -1.78. The fraction of sp³-hybridized carbons (Fsp3) is 0.0526. The number of aryl methyl sites for hydroxylation is 1. The normalized spacial score (nSPS) is 12.0. The highest BCUT2D eigenvalue weighted by Gasteiger charge is 2.14. The van der Waals surface area contributed by atoms with Crippen LogP contribution in [0.2, 0.25) is 0 Å². The number of fused-ring (bicyclic) bond motifs is 6. The molecule has 2 aromatic heterocycles. The van der Waals surface area contributed by atoms with Gasteiger partial charge in [-0.3, -0.25) is 0 Å². The molecule has 2 nitrogen and oxygen atoms in total. The molecule has 0 amide bonds. The van der Waals surface area contributed by atoms with E-state index in [0.29, 0.717) is 0 Å². The first-order chi connectivity index (χ1) is 10.3. The Balaban J connectivity index is 2.10. The third-order valence-corrected chi connectivity index (χ3v) is 4.39. The van der Waals surface area contributed by atoms with Crippen LogP contribution in [0.4, 0.5) is 0 Å². The SMILES string of the molecule is Cc1c2[nH]c3ccccc3c2cc2oc3ccccc3c12. The molecule has 0 bridgehead atoms. The van der Waals surface area contributed by atoms with Crippen LogP contribution >= 0.6 is 0 Å². The van der Waals surface area contributed by atoms with E-state index in [2.05, 4.69) is 54.4 Å². The zero-order valence-electron chi connectivity index (χ0n) is 11.6. The first-order valence-corrected chi connectivity index (χ1v) is 7.14. The van der Waals surface area contributed by atoms with Crippen LogP contribution in [0.1, 0.15) is 5.56 Å². The van der Waals surface area contributed by atoms with Crippen LogP contribution in [0.15, 0.2) is 59.0 Å². The average molecular weight is 271 g/mol. The summed E-state index contributed by atoms with van der Waals surface area (Å²) in [4.78, 5) is 3.55. The smallest absolute Gasteiger partial charge is 0.136 e. The number of nitrogens with one attached hydrogen (secondary N) is 1. The van der Waals surface area contributed by atoms with Gasteiger partial charge in [0.25, 0.3) is 0 Å². The Kier molecular flexibility index (Phi) is 1.92. The number of rotatable bonds is 0. The Morgan fingerprint density at radius 3 is 2.48 bits per heavy atom. The van der Waals surface area contributed by atoms with E-state index in [1.807, 2.05) is 12.1 Å². The van der Waals surface area contributed by atoms with Gasteiger partial charge in [-0.05, 0) is 30.7 Å². The van der Waals surface area contributed by atoms with E-state index in [1.54, 1.807) is 0 Å². The standard InChI is InChI=1S/C19H13NO/c1-11-18-13-7-3-5-9-16(13)21-17(18)10-14-12-6-2-4-8-15(12)20-19(11)14/h2-10,20H,1H3. The van der Waals surface area contributed by atoms with Crippen molar-refractivity contribution in [1.29, 1.82) is 0 Å². The number of H-pyrrole nitrogens is 1. The molecule has 0 saturated carbocycles. The molecule has 0 fully saturated rings. The summed E-state index contributed by atoms with van der Waals surface area (Å²) >= 11 is 0. The first-order valence-electron chi connectivity index (χ1n) is 7.14. The van der Waals surface area contributed by atoms with Gasteiger partial charge in [0.1, 0.15) is 11.2 Å². The third-order valence-electron chi connectivity index (χ3n) is 4.39. The van der Waals surface area contributed by atoms with E-state index >= 15 is 0 Å². The maximum atomic E-state index is 6.05. The molecule has 0 aliphatic heterocycles. The number of para-hydroxylation sites is 2. The number of hydrogen-bond acceptors (Lipinski definition) is 1. The molecule has 0 aliphatic rings. The number of hydrogen-bond donors (Lipinski definition) is 1. The molecule has 0 saturated heterocycles. The summed E-state index contributed by atoms with van der Waals surface area (Å²) < 4.78 is 6.05. The van der Waals surface area contributed by atoms with E-state index in [9.17, 15) is 0 Å². The summed E-state index contributed by atoms with van der Waals surface area (Å²) in [5.41, 5.74) is 5.55. The Morgan fingerprint density at radius 2 is 1.57 bits per heavy atom. The Hall–Kier alpha value is -2.74. The minimum absolute atomic E-state index is 0.951. The quantitative estimate of drug-likeness (QED) is 0.394. The number of furan rings is 1. The van der Waals surface area contributed by atoms with Crippen molar-refractivity contribution >= 4 is 43.7 Å². The van der Waals surface area contributed by atoms with Crippen molar-refractivity contribution in [2.45, 2.75) is 6.92 Å². The fourth-order valence-corrected chi connectivity index (χ4v) is 3.42. The molecule has 0 aliphatic carbocycles. The number of aromatic amines is 1. The second kappa shape index (κ2) is 3.67. The summed E-state index contributed by atoms with van der Waals surface area (Å²) in [6.07, 6.45) is 0. The van der Waals surface area contributed by atoms with Gasteiger partial charge < -0.3 is 9.40 Å². The monoisotopic (exact) mass is 271 g/mol. The lowest BCUT2D eigenvalue weighted by Gasteiger charge is -1.99. The molecular formula is C19H13NO. The highest BCUT2D eigenvalue weighted by Crippen LogP contribution is 2.37. The molecule has 0 radical (unpaired) electrons. The molecule has 0 spiro atoms. The van der Waals surface area contributed by atoms with Crippen LogP contribution in [0.3, 0.4) is 0 Å². The van der Waals surface area contributed by atoms with Crippen molar-refractivity contribution in [2.24, 2.45) is 0 Å². The van der Waals surface area contributed by atoms with Crippen molar-refractivity contribution < 1.29 is 4.42 Å². The maximum Gasteiger partial charge on any atom is 0.136 e. The van der Waals surface area contributed by atoms with E-state index in [0.717, 1.165) is 11.2 Å². The van der Waals surface area contributed by atoms with Crippen LogP contribution in [-0.2, 0) is 0 Å². The molecule has 5 rings (SSSR count). The summed E-state index contributed by atoms with van der Waals surface area (Å²) in [7, 11) is 0. The van der Waals surface area contributed by atoms with E-state index < -0.39 is 0 Å². The van der Waals surface area contributed by atoms with Gasteiger partial charge in [-0.25, -0.2) is 0 Å². The summed E-state index contributed by atoms with van der Waals surface area (Å²) in [5, 5.41) is 4.88. The molecule has 3 aromatic carbocycles. The van der Waals surface area contributed by atoms with E-state index in [1.165, 1.54) is 38.1 Å². The largest absolute Gasteiger partial charge is 0.456 e. The zero-order chi connectivity index (χ0) is 14.0. The fourth-order valence-electron chi connectivity index (χ4n) is 3.42. The molecule has 2 heterocycles. The molecule has 1 N–H and O–H groups in total. The topological polar surface area (TPSA) is 28.9 Å². The molecule has 0 unspecified atom stereocenters. The summed E-state index contributed by atoms with van der Waals surface area (Å²) in [6.45, 7) is 2.17. The minimum Gasteiger partial charge on any atom is -0.456 e. The highest BCUT2D eigenvalue weighted by molar-refractivity contribution is 6.18. The van der Waals surface area contributed by atoms with Crippen molar-refractivity contribution in [3.8, 4) is 0 Å². The molecule has 2 heteroatoms. The van der Waals surface area contributed by atoms with Crippen LogP contribution in [0.5, 0.6) is 0 Å². The van der Waals surface area contributed by atoms with Gasteiger partial charge in [-0.1, -0.05) is 36.4 Å². The van der Waals surface area contributed by atoms with Gasteiger partial charge in [-0.15, -0.1) is 0 Å².